The van der Waals surface area contributed by atoms with Gasteiger partial charge < -0.3 is 20.5 Å². The topological polar surface area (TPSA) is 86.7 Å². The highest BCUT2D eigenvalue weighted by Crippen LogP contribution is 2.32. The Morgan fingerprint density at radius 3 is 2.48 bits per heavy atom. The Labute approximate surface area is 156 Å². The van der Waals surface area contributed by atoms with Crippen molar-refractivity contribution in [2.24, 2.45) is 0 Å². The van der Waals surface area contributed by atoms with Gasteiger partial charge in [-0.1, -0.05) is 0 Å². The summed E-state index contributed by atoms with van der Waals surface area (Å²) in [6.07, 6.45) is 3.60. The number of hydrogen-bond donors (Lipinski definition) is 2. The van der Waals surface area contributed by atoms with E-state index in [1.165, 1.54) is 0 Å². The molecular weight excluding hydrogens is 342 g/mol. The first-order valence-electron chi connectivity index (χ1n) is 8.37. The lowest BCUT2D eigenvalue weighted by molar-refractivity contribution is 0.355. The summed E-state index contributed by atoms with van der Waals surface area (Å²) in [5.41, 5.74) is 9.82. The van der Waals surface area contributed by atoms with E-state index in [0.717, 1.165) is 22.6 Å². The molecule has 0 bridgehead atoms. The van der Waals surface area contributed by atoms with Crippen LogP contribution in [0, 0.1) is 0 Å². The molecule has 7 heteroatoms. The smallest absolute Gasteiger partial charge is 0.213 e. The Balaban J connectivity index is 1.79. The van der Waals surface area contributed by atoms with Crippen LogP contribution in [0.25, 0.3) is 16.9 Å². The Morgan fingerprint density at radius 2 is 1.74 bits per heavy atom. The monoisotopic (exact) mass is 361 g/mol. The summed E-state index contributed by atoms with van der Waals surface area (Å²) in [4.78, 5) is 9.18. The first kappa shape index (κ1) is 16.7. The van der Waals surface area contributed by atoms with Gasteiger partial charge in [-0.15, -0.1) is 0 Å². The lowest BCUT2D eigenvalue weighted by atomic mass is 10.1. The molecule has 2 aromatic heterocycles. The fourth-order valence-corrected chi connectivity index (χ4v) is 2.85. The van der Waals surface area contributed by atoms with Crippen molar-refractivity contribution in [1.82, 2.24) is 14.4 Å². The van der Waals surface area contributed by atoms with Crippen molar-refractivity contribution in [3.8, 4) is 22.8 Å². The van der Waals surface area contributed by atoms with Gasteiger partial charge in [-0.3, -0.25) is 4.40 Å². The van der Waals surface area contributed by atoms with Crippen LogP contribution in [0.5, 0.6) is 11.5 Å². The van der Waals surface area contributed by atoms with Crippen LogP contribution in [0.3, 0.4) is 0 Å². The van der Waals surface area contributed by atoms with E-state index >= 15 is 0 Å². The van der Waals surface area contributed by atoms with Crippen LogP contribution in [0.1, 0.15) is 0 Å². The number of anilines is 3. The number of rotatable bonds is 5. The van der Waals surface area contributed by atoms with Gasteiger partial charge in [-0.2, -0.15) is 0 Å². The molecule has 7 nitrogen and oxygen atoms in total. The van der Waals surface area contributed by atoms with E-state index in [1.807, 2.05) is 59.1 Å². The molecule has 0 saturated heterocycles. The lowest BCUT2D eigenvalue weighted by Gasteiger charge is -2.12. The molecule has 0 amide bonds. The van der Waals surface area contributed by atoms with Crippen molar-refractivity contribution >= 4 is 23.0 Å². The number of nitrogen functional groups attached to an aromatic ring is 1. The maximum atomic E-state index is 5.76. The number of aromatic nitrogens is 3. The molecule has 0 spiro atoms. The number of imidazole rings is 1. The molecule has 0 aliphatic heterocycles. The molecule has 27 heavy (non-hydrogen) atoms. The van der Waals surface area contributed by atoms with E-state index in [2.05, 4.69) is 10.3 Å². The van der Waals surface area contributed by atoms with Crippen molar-refractivity contribution in [3.05, 3.63) is 60.9 Å². The van der Waals surface area contributed by atoms with Crippen LogP contribution < -0.4 is 20.5 Å². The van der Waals surface area contributed by atoms with E-state index in [-0.39, 0.29) is 0 Å². The average molecular weight is 361 g/mol. The Kier molecular flexibility index (Phi) is 4.25. The molecule has 0 fully saturated rings. The van der Waals surface area contributed by atoms with Crippen molar-refractivity contribution in [2.45, 2.75) is 0 Å². The second-order valence-electron chi connectivity index (χ2n) is 5.94. The summed E-state index contributed by atoms with van der Waals surface area (Å²) < 4.78 is 12.6. The van der Waals surface area contributed by atoms with Crippen LogP contribution in [0.15, 0.2) is 60.9 Å². The molecule has 0 aliphatic carbocycles. The molecule has 2 aromatic carbocycles. The number of fused-ring (bicyclic) bond motifs is 1. The predicted molar refractivity (Wildman–Crippen MR) is 106 cm³/mol. The van der Waals surface area contributed by atoms with Crippen molar-refractivity contribution in [3.63, 3.8) is 0 Å². The first-order valence-corrected chi connectivity index (χ1v) is 8.37. The van der Waals surface area contributed by atoms with Crippen molar-refractivity contribution in [1.29, 1.82) is 0 Å². The molecular formula is C20H19N5O2. The van der Waals surface area contributed by atoms with Crippen LogP contribution in [-0.2, 0) is 0 Å². The molecule has 0 saturated carbocycles. The van der Waals surface area contributed by atoms with Gasteiger partial charge in [0.25, 0.3) is 0 Å². The fraction of sp³-hybridized carbons (Fsp3) is 0.100. The number of benzene rings is 2. The summed E-state index contributed by atoms with van der Waals surface area (Å²) in [6, 6.07) is 15.1. The zero-order valence-electron chi connectivity index (χ0n) is 15.0. The molecule has 4 aromatic rings. The third-order valence-electron chi connectivity index (χ3n) is 4.24. The summed E-state index contributed by atoms with van der Waals surface area (Å²) >= 11 is 0. The van der Waals surface area contributed by atoms with Crippen LogP contribution in [0.2, 0.25) is 0 Å². The summed E-state index contributed by atoms with van der Waals surface area (Å²) in [7, 11) is 3.22. The summed E-state index contributed by atoms with van der Waals surface area (Å²) in [6.45, 7) is 0. The van der Waals surface area contributed by atoms with Gasteiger partial charge in [-0.25, -0.2) is 9.97 Å². The van der Waals surface area contributed by atoms with Crippen molar-refractivity contribution < 1.29 is 9.47 Å². The van der Waals surface area contributed by atoms with Gasteiger partial charge in [0.05, 0.1) is 19.9 Å². The largest absolute Gasteiger partial charge is 0.493 e. The predicted octanol–water partition coefficient (Wildman–Crippen LogP) is 3.74. The highest BCUT2D eigenvalue weighted by molar-refractivity contribution is 5.70. The number of nitrogens with two attached hydrogens (primary N) is 1. The summed E-state index contributed by atoms with van der Waals surface area (Å²) in [5.74, 6) is 1.97. The van der Waals surface area contributed by atoms with E-state index in [4.69, 9.17) is 20.2 Å². The van der Waals surface area contributed by atoms with Gasteiger partial charge in [0.2, 0.25) is 5.95 Å². The minimum Gasteiger partial charge on any atom is -0.493 e. The SMILES string of the molecule is COc1ccc(-c2cc3nccn3c(Nc3ccc(N)cc3)n2)cc1OC. The van der Waals surface area contributed by atoms with Crippen LogP contribution in [0.4, 0.5) is 17.3 Å². The molecule has 0 aliphatic rings. The second-order valence-corrected chi connectivity index (χ2v) is 5.94. The summed E-state index contributed by atoms with van der Waals surface area (Å²) in [5, 5.41) is 3.32. The van der Waals surface area contributed by atoms with Gasteiger partial charge in [0, 0.05) is 35.4 Å². The minimum absolute atomic E-state index is 0.646. The van der Waals surface area contributed by atoms with Gasteiger partial charge >= 0.3 is 0 Å². The van der Waals surface area contributed by atoms with Gasteiger partial charge in [0.15, 0.2) is 11.5 Å². The standard InChI is InChI=1S/C20H19N5O2/c1-26-17-8-3-13(11-18(17)27-2)16-12-19-22-9-10-25(19)20(24-16)23-15-6-4-14(21)5-7-15/h3-12H,21H2,1-2H3,(H,23,24). The van der Waals surface area contributed by atoms with Crippen LogP contribution >= 0.6 is 0 Å². The molecule has 2 heterocycles. The van der Waals surface area contributed by atoms with E-state index in [0.29, 0.717) is 23.1 Å². The second kappa shape index (κ2) is 6.87. The van der Waals surface area contributed by atoms with E-state index < -0.39 is 0 Å². The zero-order chi connectivity index (χ0) is 18.8. The highest BCUT2D eigenvalue weighted by atomic mass is 16.5. The van der Waals surface area contributed by atoms with Gasteiger partial charge in [0.1, 0.15) is 5.65 Å². The number of nitrogens with zero attached hydrogens (tertiary/aromatic N) is 3. The molecule has 136 valence electrons. The van der Waals surface area contributed by atoms with Crippen molar-refractivity contribution in [2.75, 3.05) is 25.3 Å². The Morgan fingerprint density at radius 1 is 0.963 bits per heavy atom. The third-order valence-corrected chi connectivity index (χ3v) is 4.24. The molecule has 0 atom stereocenters. The number of ether oxygens (including phenoxy) is 2. The van der Waals surface area contributed by atoms with E-state index in [1.54, 1.807) is 20.4 Å². The average Bonchev–Trinajstić information content (AvgIpc) is 3.18. The number of nitrogens with one attached hydrogen (secondary N) is 1. The highest BCUT2D eigenvalue weighted by Gasteiger charge is 2.11. The van der Waals surface area contributed by atoms with Gasteiger partial charge in [-0.05, 0) is 42.5 Å². The molecule has 0 unspecified atom stereocenters. The zero-order valence-corrected chi connectivity index (χ0v) is 15.0. The minimum atomic E-state index is 0.646. The maximum absolute atomic E-state index is 5.76. The quantitative estimate of drug-likeness (QED) is 0.527. The Hall–Kier alpha value is -3.74. The number of methoxy groups -OCH3 is 2. The number of hydrogen-bond acceptors (Lipinski definition) is 6. The van der Waals surface area contributed by atoms with Crippen LogP contribution in [-0.4, -0.2) is 28.6 Å². The molecule has 0 radical (unpaired) electrons. The normalized spacial score (nSPS) is 10.7. The maximum Gasteiger partial charge on any atom is 0.213 e. The lowest BCUT2D eigenvalue weighted by Crippen LogP contribution is -2.03. The molecule has 4 rings (SSSR count). The third kappa shape index (κ3) is 3.22. The molecule has 3 N–H and O–H groups in total. The first-order chi connectivity index (χ1) is 13.2. The Bertz CT molecular complexity index is 1090. The van der Waals surface area contributed by atoms with E-state index in [9.17, 15) is 0 Å². The fourth-order valence-electron chi connectivity index (χ4n) is 2.85.